The number of aliphatic hydroxyl groups excluding tert-OH is 1. The van der Waals surface area contributed by atoms with Gasteiger partial charge in [0.15, 0.2) is 0 Å². The largest absolute Gasteiger partial charge is 0.396 e. The van der Waals surface area contributed by atoms with E-state index in [9.17, 15) is 5.11 Å². The van der Waals surface area contributed by atoms with E-state index in [2.05, 4.69) is 41.5 Å². The highest BCUT2D eigenvalue weighted by Gasteiger charge is 2.56. The van der Waals surface area contributed by atoms with Crippen LogP contribution in [0.3, 0.4) is 0 Å². The summed E-state index contributed by atoms with van der Waals surface area (Å²) in [6, 6.07) is 2.20. The van der Waals surface area contributed by atoms with E-state index in [1.54, 1.807) is 0 Å². The predicted molar refractivity (Wildman–Crippen MR) is 107 cm³/mol. The molecule has 27 heavy (non-hydrogen) atoms. The van der Waals surface area contributed by atoms with Crippen molar-refractivity contribution >= 4 is 0 Å². The summed E-state index contributed by atoms with van der Waals surface area (Å²) in [5, 5.41) is 14.3. The summed E-state index contributed by atoms with van der Waals surface area (Å²) >= 11 is 0. The fraction of sp³-hybridized carbons (Fsp3) is 0.727. The van der Waals surface area contributed by atoms with Gasteiger partial charge in [-0.2, -0.15) is 0 Å². The molecule has 5 nitrogen and oxygen atoms in total. The molecule has 1 heterocycles. The maximum atomic E-state index is 10.3. The standard InChI is InChI=1S/C22H32N4O/c1-14-4-5-18-17(12-25-26-23)19(6-8-21(14,18)2)22(3)11-15-7-9-24-20(15)10-16(22)13-27/h7,9,16-19,24,27H,1,4-6,8,10-13H2,2-3H3/t16-,17?,18?,19?,21?,22-/m1/s1. The summed E-state index contributed by atoms with van der Waals surface area (Å²) in [6.45, 7) is 9.93. The number of aliphatic hydroxyl groups is 1. The van der Waals surface area contributed by atoms with Crippen LogP contribution in [0.4, 0.5) is 0 Å². The first-order valence-corrected chi connectivity index (χ1v) is 10.4. The smallest absolute Gasteiger partial charge is 0.0468 e. The highest BCUT2D eigenvalue weighted by molar-refractivity contribution is 5.28. The highest BCUT2D eigenvalue weighted by atomic mass is 16.3. The number of aromatic amines is 1. The number of fused-ring (bicyclic) bond motifs is 2. The minimum Gasteiger partial charge on any atom is -0.396 e. The van der Waals surface area contributed by atoms with Crippen LogP contribution in [0.2, 0.25) is 0 Å². The first kappa shape index (κ1) is 18.6. The third-order valence-electron chi connectivity index (χ3n) is 8.70. The van der Waals surface area contributed by atoms with Crippen LogP contribution in [0.25, 0.3) is 10.4 Å². The molecule has 146 valence electrons. The van der Waals surface area contributed by atoms with Crippen molar-refractivity contribution in [1.29, 1.82) is 0 Å². The average molecular weight is 369 g/mol. The second kappa shape index (κ2) is 6.72. The number of H-pyrrole nitrogens is 1. The molecule has 0 bridgehead atoms. The predicted octanol–water partition coefficient (Wildman–Crippen LogP) is 5.04. The first-order valence-electron chi connectivity index (χ1n) is 10.4. The molecule has 3 aliphatic carbocycles. The molecular weight excluding hydrogens is 336 g/mol. The molecular formula is C22H32N4O. The number of rotatable bonds is 4. The number of hydrogen-bond acceptors (Lipinski definition) is 2. The van der Waals surface area contributed by atoms with E-state index in [0.717, 1.165) is 32.1 Å². The molecule has 0 amide bonds. The van der Waals surface area contributed by atoms with E-state index in [4.69, 9.17) is 5.53 Å². The third-order valence-corrected chi connectivity index (χ3v) is 8.70. The fourth-order valence-corrected chi connectivity index (χ4v) is 6.93. The van der Waals surface area contributed by atoms with Crippen LogP contribution < -0.4 is 0 Å². The Kier molecular flexibility index (Phi) is 4.64. The van der Waals surface area contributed by atoms with Crippen molar-refractivity contribution in [1.82, 2.24) is 4.98 Å². The molecule has 0 spiro atoms. The molecule has 4 unspecified atom stereocenters. The average Bonchev–Trinajstić information content (AvgIpc) is 3.22. The number of allylic oxidation sites excluding steroid dienone is 1. The number of aromatic nitrogens is 1. The van der Waals surface area contributed by atoms with Gasteiger partial charge < -0.3 is 10.1 Å². The van der Waals surface area contributed by atoms with E-state index >= 15 is 0 Å². The third kappa shape index (κ3) is 2.75. The molecule has 3 aliphatic rings. The van der Waals surface area contributed by atoms with Gasteiger partial charge in [-0.15, -0.1) is 0 Å². The van der Waals surface area contributed by atoms with Crippen LogP contribution in [-0.2, 0) is 12.8 Å². The van der Waals surface area contributed by atoms with Crippen LogP contribution in [0.15, 0.2) is 29.5 Å². The van der Waals surface area contributed by atoms with Crippen molar-refractivity contribution in [2.45, 2.75) is 52.4 Å². The number of nitrogens with one attached hydrogen (secondary N) is 1. The summed E-state index contributed by atoms with van der Waals surface area (Å²) < 4.78 is 0. The van der Waals surface area contributed by atoms with E-state index in [-0.39, 0.29) is 23.4 Å². The van der Waals surface area contributed by atoms with Gasteiger partial charge in [-0.05, 0) is 90.2 Å². The van der Waals surface area contributed by atoms with Crippen molar-refractivity contribution in [3.8, 4) is 0 Å². The van der Waals surface area contributed by atoms with Crippen LogP contribution in [0, 0.1) is 34.5 Å². The van der Waals surface area contributed by atoms with E-state index in [1.165, 1.54) is 23.3 Å². The minimum absolute atomic E-state index is 0.0326. The maximum absolute atomic E-state index is 10.3. The molecule has 2 fully saturated rings. The Morgan fingerprint density at radius 3 is 2.93 bits per heavy atom. The van der Waals surface area contributed by atoms with E-state index in [1.807, 2.05) is 6.20 Å². The van der Waals surface area contributed by atoms with Gasteiger partial charge in [0, 0.05) is 30.0 Å². The van der Waals surface area contributed by atoms with Gasteiger partial charge in [0.2, 0.25) is 0 Å². The summed E-state index contributed by atoms with van der Waals surface area (Å²) in [7, 11) is 0. The normalized spacial score (nSPS) is 40.9. The molecule has 2 N–H and O–H groups in total. The van der Waals surface area contributed by atoms with Crippen molar-refractivity contribution in [3.05, 3.63) is 46.1 Å². The highest BCUT2D eigenvalue weighted by Crippen LogP contribution is 2.63. The van der Waals surface area contributed by atoms with Crippen molar-refractivity contribution in [2.75, 3.05) is 13.2 Å². The maximum Gasteiger partial charge on any atom is 0.0468 e. The fourth-order valence-electron chi connectivity index (χ4n) is 6.93. The van der Waals surface area contributed by atoms with Gasteiger partial charge >= 0.3 is 0 Å². The molecule has 0 saturated heterocycles. The summed E-state index contributed by atoms with van der Waals surface area (Å²) in [5.41, 5.74) is 13.3. The Labute approximate surface area is 161 Å². The molecule has 0 aromatic carbocycles. The Balaban J connectivity index is 1.72. The Morgan fingerprint density at radius 1 is 1.37 bits per heavy atom. The lowest BCUT2D eigenvalue weighted by Crippen LogP contribution is -2.52. The molecule has 5 heteroatoms. The zero-order valence-corrected chi connectivity index (χ0v) is 16.6. The lowest BCUT2D eigenvalue weighted by molar-refractivity contribution is -0.0535. The second-order valence-corrected chi connectivity index (χ2v) is 9.64. The van der Waals surface area contributed by atoms with Crippen LogP contribution in [0.1, 0.15) is 50.8 Å². The van der Waals surface area contributed by atoms with Gasteiger partial charge in [0.25, 0.3) is 0 Å². The lowest BCUT2D eigenvalue weighted by atomic mass is 9.49. The lowest BCUT2D eigenvalue weighted by Gasteiger charge is -2.55. The summed E-state index contributed by atoms with van der Waals surface area (Å²) in [6.07, 6.45) is 8.50. The topological polar surface area (TPSA) is 84.8 Å². The molecule has 4 rings (SSSR count). The molecule has 0 radical (unpaired) electrons. The van der Waals surface area contributed by atoms with Gasteiger partial charge in [0.1, 0.15) is 0 Å². The second-order valence-electron chi connectivity index (χ2n) is 9.64. The number of hydrogen-bond donors (Lipinski definition) is 2. The molecule has 1 aromatic heterocycles. The zero-order chi connectivity index (χ0) is 19.2. The summed E-state index contributed by atoms with van der Waals surface area (Å²) in [5.74, 6) is 1.62. The van der Waals surface area contributed by atoms with Gasteiger partial charge in [0.05, 0.1) is 0 Å². The van der Waals surface area contributed by atoms with Crippen molar-refractivity contribution < 1.29 is 5.11 Å². The Morgan fingerprint density at radius 2 is 2.19 bits per heavy atom. The van der Waals surface area contributed by atoms with Crippen LogP contribution >= 0.6 is 0 Å². The van der Waals surface area contributed by atoms with Crippen LogP contribution in [-0.4, -0.2) is 23.2 Å². The molecule has 0 aliphatic heterocycles. The van der Waals surface area contributed by atoms with Gasteiger partial charge in [-0.3, -0.25) is 0 Å². The Hall–Kier alpha value is -1.71. The monoisotopic (exact) mass is 368 g/mol. The first-order chi connectivity index (χ1) is 12.9. The molecule has 6 atom stereocenters. The van der Waals surface area contributed by atoms with E-state index in [0.29, 0.717) is 24.3 Å². The summed E-state index contributed by atoms with van der Waals surface area (Å²) in [4.78, 5) is 6.47. The minimum atomic E-state index is 0.0326. The van der Waals surface area contributed by atoms with Crippen molar-refractivity contribution in [2.24, 2.45) is 39.6 Å². The molecule has 1 aromatic rings. The van der Waals surface area contributed by atoms with Gasteiger partial charge in [-0.25, -0.2) is 0 Å². The quantitative estimate of drug-likeness (QED) is 0.332. The number of nitrogens with zero attached hydrogens (tertiary/aromatic N) is 3. The number of azide groups is 1. The SMILES string of the molecule is C=C1CCC2C(CN=[N+]=[N-])C([C@]3(C)Cc4cc[nH]c4C[C@@H]3CO)CCC12C. The zero-order valence-electron chi connectivity index (χ0n) is 16.6. The van der Waals surface area contributed by atoms with Crippen LogP contribution in [0.5, 0.6) is 0 Å². The van der Waals surface area contributed by atoms with Crippen molar-refractivity contribution in [3.63, 3.8) is 0 Å². The molecule has 2 saturated carbocycles. The Bertz CT molecular complexity index is 779. The van der Waals surface area contributed by atoms with Gasteiger partial charge in [-0.1, -0.05) is 31.1 Å². The van der Waals surface area contributed by atoms with E-state index < -0.39 is 0 Å².